The molecule has 1 amide bonds. The molecular formula is C8H10N2O3. The number of hydrogen-bond acceptors (Lipinski definition) is 4. The van der Waals surface area contributed by atoms with Gasteiger partial charge in [0.05, 0.1) is 5.92 Å². The average molecular weight is 182 g/mol. The van der Waals surface area contributed by atoms with Crippen LogP contribution in [0.1, 0.15) is 6.42 Å². The van der Waals surface area contributed by atoms with E-state index >= 15 is 0 Å². The Labute approximate surface area is 74.4 Å². The molecule has 4 atom stereocenters. The summed E-state index contributed by atoms with van der Waals surface area (Å²) in [6, 6.07) is -0.548. The van der Waals surface area contributed by atoms with Crippen LogP contribution in [0.15, 0.2) is 0 Å². The number of carbonyl (C=O) groups is 3. The van der Waals surface area contributed by atoms with E-state index in [1.807, 2.05) is 0 Å². The topological polar surface area (TPSA) is 103 Å². The Hall–Kier alpha value is -1.23. The van der Waals surface area contributed by atoms with E-state index in [-0.39, 0.29) is 0 Å². The summed E-state index contributed by atoms with van der Waals surface area (Å²) < 4.78 is 0. The standard InChI is InChI=1S/C8H10N2O3/c9-5-3-1-2(4(5)8(10)13)6(11)7(3)12/h2-5H,1,9H2,(H2,10,13). The van der Waals surface area contributed by atoms with E-state index in [0.717, 1.165) is 0 Å². The van der Waals surface area contributed by atoms with Crippen LogP contribution in [0.2, 0.25) is 0 Å². The Morgan fingerprint density at radius 2 is 1.77 bits per heavy atom. The Bertz CT molecular complexity index is 313. The van der Waals surface area contributed by atoms with Crippen molar-refractivity contribution in [2.75, 3.05) is 0 Å². The van der Waals surface area contributed by atoms with Crippen LogP contribution in [-0.2, 0) is 14.4 Å². The smallest absolute Gasteiger partial charge is 0.222 e. The predicted octanol–water partition coefficient (Wildman–Crippen LogP) is -1.80. The van der Waals surface area contributed by atoms with E-state index in [0.29, 0.717) is 6.42 Å². The molecule has 5 heteroatoms. The molecule has 5 nitrogen and oxygen atoms in total. The van der Waals surface area contributed by atoms with Gasteiger partial charge < -0.3 is 11.5 Å². The summed E-state index contributed by atoms with van der Waals surface area (Å²) in [5.41, 5.74) is 10.7. The maximum atomic E-state index is 11.2. The Balaban J connectivity index is 2.34. The van der Waals surface area contributed by atoms with Crippen molar-refractivity contribution >= 4 is 17.5 Å². The third-order valence-electron chi connectivity index (χ3n) is 3.07. The first-order chi connectivity index (χ1) is 6.04. The number of fused-ring (bicyclic) bond motifs is 2. The molecule has 4 N–H and O–H groups in total. The van der Waals surface area contributed by atoms with Gasteiger partial charge in [0, 0.05) is 17.9 Å². The largest absolute Gasteiger partial charge is 0.369 e. The second-order valence-electron chi connectivity index (χ2n) is 3.68. The van der Waals surface area contributed by atoms with Crippen molar-refractivity contribution in [1.82, 2.24) is 0 Å². The highest BCUT2D eigenvalue weighted by Crippen LogP contribution is 2.43. The molecule has 0 aliphatic heterocycles. The minimum atomic E-state index is -0.629. The van der Waals surface area contributed by atoms with Crippen molar-refractivity contribution in [1.29, 1.82) is 0 Å². The fraction of sp³-hybridized carbons (Fsp3) is 0.625. The third-order valence-corrected chi connectivity index (χ3v) is 3.07. The highest BCUT2D eigenvalue weighted by atomic mass is 16.2. The molecule has 0 heterocycles. The average Bonchev–Trinajstić information content (AvgIpc) is 2.50. The van der Waals surface area contributed by atoms with Gasteiger partial charge in [-0.05, 0) is 6.42 Å². The summed E-state index contributed by atoms with van der Waals surface area (Å²) in [6.07, 6.45) is 0.409. The monoisotopic (exact) mass is 182 g/mol. The zero-order valence-electron chi connectivity index (χ0n) is 6.90. The zero-order chi connectivity index (χ0) is 9.75. The van der Waals surface area contributed by atoms with Gasteiger partial charge in [0.2, 0.25) is 17.5 Å². The van der Waals surface area contributed by atoms with Gasteiger partial charge in [0.25, 0.3) is 0 Å². The van der Waals surface area contributed by atoms with Crippen LogP contribution in [0, 0.1) is 17.8 Å². The molecule has 2 fully saturated rings. The summed E-state index contributed by atoms with van der Waals surface area (Å²) in [5, 5.41) is 0. The summed E-state index contributed by atoms with van der Waals surface area (Å²) in [5.74, 6) is -3.08. The molecular weight excluding hydrogens is 172 g/mol. The predicted molar refractivity (Wildman–Crippen MR) is 42.3 cm³/mol. The molecule has 2 saturated carbocycles. The second-order valence-corrected chi connectivity index (χ2v) is 3.68. The Morgan fingerprint density at radius 3 is 2.23 bits per heavy atom. The van der Waals surface area contributed by atoms with Gasteiger partial charge >= 0.3 is 0 Å². The van der Waals surface area contributed by atoms with E-state index in [1.54, 1.807) is 0 Å². The van der Waals surface area contributed by atoms with Crippen molar-refractivity contribution in [3.8, 4) is 0 Å². The van der Waals surface area contributed by atoms with Crippen LogP contribution < -0.4 is 11.5 Å². The van der Waals surface area contributed by atoms with Gasteiger partial charge in [-0.2, -0.15) is 0 Å². The lowest BCUT2D eigenvalue weighted by atomic mass is 9.83. The molecule has 0 saturated heterocycles. The Morgan fingerprint density at radius 1 is 1.23 bits per heavy atom. The molecule has 0 spiro atoms. The molecule has 0 aromatic heterocycles. The van der Waals surface area contributed by atoms with Crippen LogP contribution in [0.5, 0.6) is 0 Å². The van der Waals surface area contributed by atoms with Gasteiger partial charge in [-0.25, -0.2) is 0 Å². The maximum absolute atomic E-state index is 11.2. The molecule has 2 rings (SSSR count). The van der Waals surface area contributed by atoms with Gasteiger partial charge in [0.1, 0.15) is 0 Å². The number of carbonyl (C=O) groups excluding carboxylic acids is 3. The van der Waals surface area contributed by atoms with Crippen molar-refractivity contribution in [3.63, 3.8) is 0 Å². The van der Waals surface area contributed by atoms with E-state index in [1.165, 1.54) is 0 Å². The molecule has 2 aliphatic rings. The number of nitrogens with two attached hydrogens (primary N) is 2. The quantitative estimate of drug-likeness (QED) is 0.467. The summed E-state index contributed by atoms with van der Waals surface area (Å²) in [6.45, 7) is 0. The number of Topliss-reactive ketones (excluding diaryl/α,β-unsaturated/α-hetero) is 2. The van der Waals surface area contributed by atoms with Crippen molar-refractivity contribution < 1.29 is 14.4 Å². The first-order valence-electron chi connectivity index (χ1n) is 4.17. The fourth-order valence-electron chi connectivity index (χ4n) is 2.40. The van der Waals surface area contributed by atoms with Crippen molar-refractivity contribution in [2.24, 2.45) is 29.2 Å². The van der Waals surface area contributed by atoms with E-state index in [9.17, 15) is 14.4 Å². The fourth-order valence-corrected chi connectivity index (χ4v) is 2.40. The van der Waals surface area contributed by atoms with E-state index in [2.05, 4.69) is 0 Å². The SMILES string of the molecule is NC(=O)C1C2CC(C(=O)C2=O)C1N. The minimum Gasteiger partial charge on any atom is -0.369 e. The van der Waals surface area contributed by atoms with Gasteiger partial charge in [-0.15, -0.1) is 0 Å². The summed E-state index contributed by atoms with van der Waals surface area (Å²) in [7, 11) is 0. The van der Waals surface area contributed by atoms with Gasteiger partial charge in [-0.3, -0.25) is 14.4 Å². The van der Waals surface area contributed by atoms with Crippen LogP contribution in [0.3, 0.4) is 0 Å². The molecule has 13 heavy (non-hydrogen) atoms. The van der Waals surface area contributed by atoms with Crippen LogP contribution in [-0.4, -0.2) is 23.5 Å². The molecule has 0 aromatic carbocycles. The number of amides is 1. The lowest BCUT2D eigenvalue weighted by molar-refractivity contribution is -0.142. The lowest BCUT2D eigenvalue weighted by Crippen LogP contribution is -2.49. The summed E-state index contributed by atoms with van der Waals surface area (Å²) >= 11 is 0. The maximum Gasteiger partial charge on any atom is 0.222 e. The van der Waals surface area contributed by atoms with Crippen molar-refractivity contribution in [2.45, 2.75) is 12.5 Å². The number of hydrogen-bond donors (Lipinski definition) is 2. The second kappa shape index (κ2) is 2.38. The van der Waals surface area contributed by atoms with Crippen LogP contribution in [0.25, 0.3) is 0 Å². The lowest BCUT2D eigenvalue weighted by Gasteiger charge is -2.23. The number of ketones is 2. The van der Waals surface area contributed by atoms with E-state index < -0.39 is 41.3 Å². The molecule has 70 valence electrons. The van der Waals surface area contributed by atoms with Crippen LogP contribution in [0.4, 0.5) is 0 Å². The highest BCUT2D eigenvalue weighted by Gasteiger charge is 2.58. The normalized spacial score (nSPS) is 42.8. The van der Waals surface area contributed by atoms with Gasteiger partial charge in [0.15, 0.2) is 0 Å². The third kappa shape index (κ3) is 0.875. The molecule has 2 bridgehead atoms. The molecule has 2 aliphatic carbocycles. The molecule has 0 aromatic rings. The van der Waals surface area contributed by atoms with Crippen molar-refractivity contribution in [3.05, 3.63) is 0 Å². The van der Waals surface area contributed by atoms with Crippen LogP contribution >= 0.6 is 0 Å². The number of rotatable bonds is 1. The zero-order valence-corrected chi connectivity index (χ0v) is 6.90. The first-order valence-corrected chi connectivity index (χ1v) is 4.17. The minimum absolute atomic E-state index is 0.409. The summed E-state index contributed by atoms with van der Waals surface area (Å²) in [4.78, 5) is 33.3. The first kappa shape index (κ1) is 8.37. The highest BCUT2D eigenvalue weighted by molar-refractivity contribution is 6.42. The van der Waals surface area contributed by atoms with E-state index in [4.69, 9.17) is 11.5 Å². The van der Waals surface area contributed by atoms with Gasteiger partial charge in [-0.1, -0.05) is 0 Å². The Kier molecular flexibility index (Phi) is 1.53. The number of primary amides is 1. The molecule has 0 radical (unpaired) electrons. The molecule has 4 unspecified atom stereocenters.